The topological polar surface area (TPSA) is 40.1 Å². The maximum Gasteiger partial charge on any atom is 1.00 e. The number of rotatable bonds is 3. The van der Waals surface area contributed by atoms with Gasteiger partial charge in [-0.05, 0) is 35.4 Å². The molecule has 0 heterocycles. The van der Waals surface area contributed by atoms with Gasteiger partial charge in [-0.15, -0.1) is 0 Å². The zero-order valence-electron chi connectivity index (χ0n) is 10.3. The molecule has 5 heteroatoms. The van der Waals surface area contributed by atoms with Crippen molar-refractivity contribution in [2.24, 2.45) is 0 Å². The molecule has 0 amide bonds. The van der Waals surface area contributed by atoms with Gasteiger partial charge in [0.05, 0.1) is 5.97 Å². The van der Waals surface area contributed by atoms with E-state index in [1.54, 1.807) is 48.5 Å². The molecule has 0 saturated carbocycles. The molecule has 0 aromatic heterocycles. The molecule has 92 valence electrons. The molecule has 0 aliphatic heterocycles. The first-order valence-electron chi connectivity index (χ1n) is 5.29. The van der Waals surface area contributed by atoms with Crippen LogP contribution in [0.25, 0.3) is 0 Å². The Morgan fingerprint density at radius 1 is 0.842 bits per heavy atom. The second-order valence-electron chi connectivity index (χ2n) is 3.86. The van der Waals surface area contributed by atoms with Gasteiger partial charge in [0.1, 0.15) is 0 Å². The summed E-state index contributed by atoms with van der Waals surface area (Å²) in [7, 11) is 0. The molecular formula is C14H9Cl2NaO2. The smallest absolute Gasteiger partial charge is 0.549 e. The summed E-state index contributed by atoms with van der Waals surface area (Å²) in [4.78, 5) is 11.3. The number of carbonyl (C=O) groups is 1. The van der Waals surface area contributed by atoms with Crippen LogP contribution in [-0.4, -0.2) is 5.97 Å². The first kappa shape index (κ1) is 16.5. The number of carbonyl (C=O) groups excluding carboxylic acids is 1. The molecule has 2 nitrogen and oxygen atoms in total. The normalized spacial score (nSPS) is 10.1. The third-order valence-electron chi connectivity index (χ3n) is 2.64. The molecule has 0 aliphatic rings. The number of hydrogen-bond acceptors (Lipinski definition) is 2. The Bertz CT molecular complexity index is 507. The van der Waals surface area contributed by atoms with Crippen LogP contribution in [0.2, 0.25) is 10.0 Å². The third-order valence-corrected chi connectivity index (χ3v) is 3.15. The van der Waals surface area contributed by atoms with E-state index in [0.717, 1.165) is 0 Å². The Kier molecular flexibility index (Phi) is 6.37. The fourth-order valence-corrected chi connectivity index (χ4v) is 2.03. The Morgan fingerprint density at radius 3 is 1.42 bits per heavy atom. The van der Waals surface area contributed by atoms with Crippen LogP contribution in [0.3, 0.4) is 0 Å². The summed E-state index contributed by atoms with van der Waals surface area (Å²) in [5, 5.41) is 12.4. The van der Waals surface area contributed by atoms with Crippen LogP contribution in [0.1, 0.15) is 17.0 Å². The minimum Gasteiger partial charge on any atom is -0.549 e. The molecule has 0 bridgehead atoms. The van der Waals surface area contributed by atoms with E-state index in [-0.39, 0.29) is 29.6 Å². The molecule has 0 unspecified atom stereocenters. The number of benzene rings is 2. The van der Waals surface area contributed by atoms with Crippen LogP contribution in [0.4, 0.5) is 0 Å². The van der Waals surface area contributed by atoms with Gasteiger partial charge in [0.15, 0.2) is 0 Å². The van der Waals surface area contributed by atoms with Crippen molar-refractivity contribution in [3.8, 4) is 0 Å². The van der Waals surface area contributed by atoms with Crippen molar-refractivity contribution in [2.75, 3.05) is 0 Å². The molecule has 0 saturated heterocycles. The van der Waals surface area contributed by atoms with Gasteiger partial charge in [-0.1, -0.05) is 47.5 Å². The van der Waals surface area contributed by atoms with E-state index in [0.29, 0.717) is 21.2 Å². The standard InChI is InChI=1S/C14H10Cl2O2.Na/c15-11-5-1-9(2-6-11)13(14(17)18)10-3-7-12(16)8-4-10;/h1-8,13H,(H,17,18);/q;+1/p-1. The Morgan fingerprint density at radius 2 is 1.16 bits per heavy atom. The number of carboxylic acid groups (broad SMARTS) is 1. The quantitative estimate of drug-likeness (QED) is 0.742. The van der Waals surface area contributed by atoms with Crippen molar-refractivity contribution in [2.45, 2.75) is 5.92 Å². The van der Waals surface area contributed by atoms with Crippen LogP contribution >= 0.6 is 23.2 Å². The molecule has 2 aromatic rings. The summed E-state index contributed by atoms with van der Waals surface area (Å²) in [6.07, 6.45) is 0. The first-order chi connectivity index (χ1) is 8.58. The van der Waals surface area contributed by atoms with Gasteiger partial charge in [-0.3, -0.25) is 0 Å². The van der Waals surface area contributed by atoms with Gasteiger partial charge in [0.2, 0.25) is 0 Å². The van der Waals surface area contributed by atoms with Gasteiger partial charge in [0.25, 0.3) is 0 Å². The van der Waals surface area contributed by atoms with E-state index < -0.39 is 11.9 Å². The molecule has 0 atom stereocenters. The van der Waals surface area contributed by atoms with E-state index >= 15 is 0 Å². The zero-order chi connectivity index (χ0) is 13.1. The molecule has 2 aromatic carbocycles. The Hall–Kier alpha value is -0.510. The minimum absolute atomic E-state index is 0. The van der Waals surface area contributed by atoms with Crippen LogP contribution < -0.4 is 34.7 Å². The summed E-state index contributed by atoms with van der Waals surface area (Å²) in [5.41, 5.74) is 1.25. The van der Waals surface area contributed by atoms with Crippen LogP contribution in [0.15, 0.2) is 48.5 Å². The predicted molar refractivity (Wildman–Crippen MR) is 69.8 cm³/mol. The van der Waals surface area contributed by atoms with Crippen molar-refractivity contribution < 1.29 is 39.5 Å². The second-order valence-corrected chi connectivity index (χ2v) is 4.73. The van der Waals surface area contributed by atoms with Gasteiger partial charge >= 0.3 is 29.6 Å². The predicted octanol–water partition coefficient (Wildman–Crippen LogP) is -0.121. The average Bonchev–Trinajstić information content (AvgIpc) is 2.34. The van der Waals surface area contributed by atoms with Gasteiger partial charge in [-0.2, -0.15) is 0 Å². The van der Waals surface area contributed by atoms with Crippen LogP contribution in [0.5, 0.6) is 0 Å². The summed E-state index contributed by atoms with van der Waals surface area (Å²) >= 11 is 11.6. The fourth-order valence-electron chi connectivity index (χ4n) is 1.78. The van der Waals surface area contributed by atoms with Crippen molar-refractivity contribution in [1.82, 2.24) is 0 Å². The molecule has 0 spiro atoms. The number of halogens is 2. The monoisotopic (exact) mass is 302 g/mol. The fraction of sp³-hybridized carbons (Fsp3) is 0.0714. The van der Waals surface area contributed by atoms with Crippen LogP contribution in [0, 0.1) is 0 Å². The minimum atomic E-state index is -1.15. The summed E-state index contributed by atoms with van der Waals surface area (Å²) in [6.45, 7) is 0. The van der Waals surface area contributed by atoms with Crippen LogP contribution in [-0.2, 0) is 4.79 Å². The van der Waals surface area contributed by atoms with Crippen molar-refractivity contribution in [1.29, 1.82) is 0 Å². The van der Waals surface area contributed by atoms with E-state index in [2.05, 4.69) is 0 Å². The summed E-state index contributed by atoms with van der Waals surface area (Å²) in [5.74, 6) is -1.97. The second kappa shape index (κ2) is 7.32. The summed E-state index contributed by atoms with van der Waals surface area (Å²) in [6, 6.07) is 13.3. The summed E-state index contributed by atoms with van der Waals surface area (Å²) < 4.78 is 0. The largest absolute Gasteiger partial charge is 1.00 e. The average molecular weight is 303 g/mol. The maximum absolute atomic E-state index is 11.3. The molecule has 0 fully saturated rings. The maximum atomic E-state index is 11.3. The van der Waals surface area contributed by atoms with E-state index in [1.165, 1.54) is 0 Å². The van der Waals surface area contributed by atoms with Crippen molar-refractivity contribution in [3.05, 3.63) is 69.7 Å². The molecule has 0 aliphatic carbocycles. The zero-order valence-corrected chi connectivity index (χ0v) is 13.8. The number of carboxylic acids is 1. The van der Waals surface area contributed by atoms with Gasteiger partial charge in [-0.25, -0.2) is 0 Å². The molecule has 19 heavy (non-hydrogen) atoms. The first-order valence-corrected chi connectivity index (χ1v) is 6.05. The molecule has 0 N–H and O–H groups in total. The Labute approximate surface area is 143 Å². The van der Waals surface area contributed by atoms with Gasteiger partial charge in [0, 0.05) is 16.0 Å². The van der Waals surface area contributed by atoms with Gasteiger partial charge < -0.3 is 9.90 Å². The number of aliphatic carboxylic acids is 1. The molecule has 0 radical (unpaired) electrons. The Balaban J connectivity index is 0.00000180. The van der Waals surface area contributed by atoms with Crippen molar-refractivity contribution in [3.63, 3.8) is 0 Å². The third kappa shape index (κ3) is 4.23. The van der Waals surface area contributed by atoms with E-state index in [9.17, 15) is 9.90 Å². The van der Waals surface area contributed by atoms with E-state index in [1.807, 2.05) is 0 Å². The molecular weight excluding hydrogens is 294 g/mol. The molecule has 2 rings (SSSR count). The van der Waals surface area contributed by atoms with E-state index in [4.69, 9.17) is 23.2 Å². The number of hydrogen-bond donors (Lipinski definition) is 0. The van der Waals surface area contributed by atoms with Crippen molar-refractivity contribution >= 4 is 29.2 Å². The SMILES string of the molecule is O=C([O-])C(c1ccc(Cl)cc1)c1ccc(Cl)cc1.[Na+].